The maximum Gasteiger partial charge on any atom is 0.233 e. The fourth-order valence-corrected chi connectivity index (χ4v) is 15.3. The van der Waals surface area contributed by atoms with E-state index in [1.54, 1.807) is 18.2 Å². The summed E-state index contributed by atoms with van der Waals surface area (Å²) in [5.41, 5.74) is -2.12. The number of benzene rings is 1. The summed E-state index contributed by atoms with van der Waals surface area (Å²) < 4.78 is 6.47. The van der Waals surface area contributed by atoms with E-state index in [1.165, 1.54) is 12.8 Å². The first-order valence-corrected chi connectivity index (χ1v) is 24.1. The third-order valence-corrected chi connectivity index (χ3v) is 18.9. The Morgan fingerprint density at radius 2 is 1.72 bits per heavy atom. The molecular weight excluding hydrogens is 755 g/mol. The van der Waals surface area contributed by atoms with Gasteiger partial charge >= 0.3 is 0 Å². The second kappa shape index (κ2) is 15.3. The maximum absolute atomic E-state index is 14.6. The van der Waals surface area contributed by atoms with Crippen molar-refractivity contribution in [3.8, 4) is 5.75 Å². The molecule has 1 aromatic rings. The van der Waals surface area contributed by atoms with Gasteiger partial charge in [0.15, 0.2) is 5.78 Å². The summed E-state index contributed by atoms with van der Waals surface area (Å²) in [6.07, 6.45) is 16.9. The van der Waals surface area contributed by atoms with E-state index < -0.39 is 40.2 Å². The van der Waals surface area contributed by atoms with Gasteiger partial charge in [0.2, 0.25) is 5.91 Å². The molecule has 6 fully saturated rings. The number of amides is 1. The van der Waals surface area contributed by atoms with Crippen LogP contribution >= 0.6 is 0 Å². The topological polar surface area (TPSA) is 151 Å². The average Bonchev–Trinajstić information content (AvgIpc) is 3.92. The molecule has 5 N–H and O–H groups in total. The number of aryl methyl sites for hydroxylation is 1. The Balaban J connectivity index is 1.09. The molecule has 9 rings (SSSR count). The van der Waals surface area contributed by atoms with Gasteiger partial charge in [-0.1, -0.05) is 85.3 Å². The number of allylic oxidation sites excluding steroid dienone is 2. The van der Waals surface area contributed by atoms with Crippen molar-refractivity contribution in [3.05, 3.63) is 47.6 Å². The second-order valence-corrected chi connectivity index (χ2v) is 22.0. The molecule has 2 aliphatic heterocycles. The van der Waals surface area contributed by atoms with Crippen LogP contribution in [0.2, 0.25) is 0 Å². The molecule has 0 radical (unpaired) electrons. The summed E-state index contributed by atoms with van der Waals surface area (Å²) in [7, 11) is 0. The van der Waals surface area contributed by atoms with Gasteiger partial charge in [0, 0.05) is 35.5 Å². The van der Waals surface area contributed by atoms with Crippen LogP contribution < -0.4 is 4.90 Å². The first-order valence-electron chi connectivity index (χ1n) is 24.1. The minimum absolute atomic E-state index is 0.0859. The zero-order valence-corrected chi connectivity index (χ0v) is 37.0. The molecule has 9 heteroatoms. The van der Waals surface area contributed by atoms with E-state index in [1.807, 2.05) is 4.90 Å². The number of aromatic hydroxyl groups is 1. The number of hydrogen-bond donors (Lipinski definition) is 5. The standard InChI is InChI=1S/C51H73NO8/c1-6-7-9-13-34-29-52(46(57)48(34)17-10-8-11-18-48)35-22-32(23-36(53)25-35)15-20-49-33-14-12-19-50(58,45-44(60-45)31(4)30(2)3)43(49)16-21-51(49,59)38-26-40(54)39-27-41(55)42(56)28-47(39,5)37(38)24-33/h12,14,22-23,25-26,30-31,33-34,37,39,41-45,53,55-56,58-59H,6-11,13,15-21,24,27-29H2,1-5H3. The highest BCUT2D eigenvalue weighted by molar-refractivity contribution is 6.00. The number of phenols is 1. The Hall–Kier alpha value is -2.56. The number of ketones is 1. The summed E-state index contributed by atoms with van der Waals surface area (Å²) in [4.78, 5) is 30.8. The number of hydrogen-bond acceptors (Lipinski definition) is 8. The van der Waals surface area contributed by atoms with E-state index in [2.05, 4.69) is 52.8 Å². The SMILES string of the molecule is CCCCCC1CN(c2cc(O)cc(CCC34C5C=CCC(O)(C6OC6C(C)C(C)C)C3CCC4(O)C3=CC(=O)C4CC(O)C(O)CC4(C)C3C5)c2)C(=O)C12CCCCC2. The predicted octanol–water partition coefficient (Wildman–Crippen LogP) is 7.98. The van der Waals surface area contributed by atoms with Crippen molar-refractivity contribution in [2.75, 3.05) is 11.4 Å². The fraction of sp³-hybridized carbons (Fsp3) is 0.765. The highest BCUT2D eigenvalue weighted by atomic mass is 16.6. The lowest BCUT2D eigenvalue weighted by Crippen LogP contribution is -2.66. The number of anilines is 1. The van der Waals surface area contributed by atoms with Crippen LogP contribution in [0, 0.1) is 57.7 Å². The number of phenolic OH excluding ortho intramolecular Hbond substituents is 1. The van der Waals surface area contributed by atoms with E-state index in [-0.39, 0.29) is 71.6 Å². The third kappa shape index (κ3) is 6.30. The lowest BCUT2D eigenvalue weighted by Gasteiger charge is -2.63. The number of carbonyl (C=O) groups is 2. The van der Waals surface area contributed by atoms with Gasteiger partial charge in [-0.3, -0.25) is 9.59 Å². The molecule has 9 nitrogen and oxygen atoms in total. The predicted molar refractivity (Wildman–Crippen MR) is 231 cm³/mol. The van der Waals surface area contributed by atoms with Gasteiger partial charge in [0.1, 0.15) is 17.5 Å². The van der Waals surface area contributed by atoms with Crippen LogP contribution in [0.4, 0.5) is 5.69 Å². The van der Waals surface area contributed by atoms with Crippen molar-refractivity contribution in [1.29, 1.82) is 0 Å². The number of unbranched alkanes of at least 4 members (excludes halogenated alkanes) is 2. The number of ether oxygens (including phenoxy) is 1. The zero-order chi connectivity index (χ0) is 42.6. The lowest BCUT2D eigenvalue weighted by molar-refractivity contribution is -0.182. The average molecular weight is 828 g/mol. The van der Waals surface area contributed by atoms with Crippen molar-refractivity contribution < 1.29 is 39.9 Å². The molecule has 0 aromatic heterocycles. The summed E-state index contributed by atoms with van der Waals surface area (Å²) in [5, 5.41) is 60.1. The summed E-state index contributed by atoms with van der Waals surface area (Å²) in [6, 6.07) is 5.63. The van der Waals surface area contributed by atoms with E-state index in [0.717, 1.165) is 61.8 Å². The largest absolute Gasteiger partial charge is 0.508 e. The summed E-state index contributed by atoms with van der Waals surface area (Å²) in [6.45, 7) is 11.5. The zero-order valence-electron chi connectivity index (χ0n) is 37.0. The molecule has 14 atom stereocenters. The van der Waals surface area contributed by atoms with Gasteiger partial charge < -0.3 is 35.2 Å². The summed E-state index contributed by atoms with van der Waals surface area (Å²) >= 11 is 0. The minimum Gasteiger partial charge on any atom is -0.508 e. The minimum atomic E-state index is -1.42. The van der Waals surface area contributed by atoms with Crippen molar-refractivity contribution in [3.63, 3.8) is 0 Å². The fourth-order valence-electron chi connectivity index (χ4n) is 15.3. The first-order chi connectivity index (χ1) is 28.5. The van der Waals surface area contributed by atoms with Gasteiger partial charge in [-0.05, 0) is 135 Å². The Bertz CT molecular complexity index is 1900. The van der Waals surface area contributed by atoms with Gasteiger partial charge in [-0.15, -0.1) is 0 Å². The number of nitrogens with zero attached hydrogens (tertiary/aromatic N) is 1. The molecule has 1 aromatic carbocycles. The van der Waals surface area contributed by atoms with Gasteiger partial charge in [-0.25, -0.2) is 0 Å². The third-order valence-electron chi connectivity index (χ3n) is 18.9. The molecule has 1 spiro atoms. The van der Waals surface area contributed by atoms with E-state index in [9.17, 15) is 35.1 Å². The van der Waals surface area contributed by atoms with Gasteiger partial charge in [0.05, 0.1) is 29.3 Å². The Labute approximate surface area is 358 Å². The van der Waals surface area contributed by atoms with Crippen molar-refractivity contribution in [1.82, 2.24) is 0 Å². The van der Waals surface area contributed by atoms with E-state index in [0.29, 0.717) is 56.9 Å². The van der Waals surface area contributed by atoms with Crippen molar-refractivity contribution >= 4 is 17.4 Å². The lowest BCUT2D eigenvalue weighted by atomic mass is 9.42. The van der Waals surface area contributed by atoms with Crippen molar-refractivity contribution in [2.24, 2.45) is 57.7 Å². The molecule has 2 saturated heterocycles. The van der Waals surface area contributed by atoms with Crippen LogP contribution in [0.5, 0.6) is 5.75 Å². The number of rotatable bonds is 11. The monoisotopic (exact) mass is 828 g/mol. The maximum atomic E-state index is 14.6. The number of epoxide rings is 1. The molecule has 14 unspecified atom stereocenters. The quantitative estimate of drug-likeness (QED) is 0.0857. The van der Waals surface area contributed by atoms with Crippen molar-refractivity contribution in [2.45, 2.75) is 179 Å². The smallest absolute Gasteiger partial charge is 0.233 e. The van der Waals surface area contributed by atoms with Crippen LogP contribution in [-0.2, 0) is 20.7 Å². The van der Waals surface area contributed by atoms with E-state index in [4.69, 9.17) is 4.74 Å². The van der Waals surface area contributed by atoms with Gasteiger partial charge in [0.25, 0.3) is 0 Å². The Morgan fingerprint density at radius 1 is 0.950 bits per heavy atom. The van der Waals surface area contributed by atoms with Gasteiger partial charge in [-0.2, -0.15) is 0 Å². The molecule has 1 amide bonds. The van der Waals surface area contributed by atoms with Crippen LogP contribution in [0.25, 0.3) is 0 Å². The molecule has 2 heterocycles. The normalized spacial score (nSPS) is 43.4. The molecule has 4 saturated carbocycles. The molecule has 8 aliphatic rings. The van der Waals surface area contributed by atoms with Crippen LogP contribution in [0.3, 0.4) is 0 Å². The van der Waals surface area contributed by atoms with E-state index >= 15 is 0 Å². The summed E-state index contributed by atoms with van der Waals surface area (Å²) in [5.74, 6) is 0.0474. The van der Waals surface area contributed by atoms with Crippen LogP contribution in [0.1, 0.15) is 143 Å². The molecular formula is C51H73NO8. The number of aliphatic hydroxyl groups excluding tert-OH is 2. The van der Waals surface area contributed by atoms with Crippen LogP contribution in [-0.4, -0.2) is 79.4 Å². The number of aliphatic hydroxyl groups is 4. The number of fused-ring (bicyclic) bond motifs is 4. The highest BCUT2D eigenvalue weighted by Crippen LogP contribution is 2.73. The first kappa shape index (κ1) is 42.7. The second-order valence-electron chi connectivity index (χ2n) is 22.0. The molecule has 330 valence electrons. The van der Waals surface area contributed by atoms with Crippen LogP contribution in [0.15, 0.2) is 42.0 Å². The molecule has 0 bridgehead atoms. The molecule has 6 aliphatic carbocycles. The highest BCUT2D eigenvalue weighted by Gasteiger charge is 2.76. The Kier molecular flexibility index (Phi) is 10.9. The number of carbonyl (C=O) groups excluding carboxylic acids is 2. The Morgan fingerprint density at radius 3 is 2.45 bits per heavy atom. The molecule has 60 heavy (non-hydrogen) atoms.